The molecule has 146 valence electrons. The second-order valence-electron chi connectivity index (χ2n) is 6.45. The van der Waals surface area contributed by atoms with Crippen LogP contribution >= 0.6 is 0 Å². The summed E-state index contributed by atoms with van der Waals surface area (Å²) in [5.74, 6) is -1.05. The van der Waals surface area contributed by atoms with Crippen LogP contribution in [0.25, 0.3) is 21.6 Å². The maximum absolute atomic E-state index is 12.3. The van der Waals surface area contributed by atoms with Crippen LogP contribution in [-0.4, -0.2) is 38.0 Å². The van der Waals surface area contributed by atoms with Gasteiger partial charge < -0.3 is 0 Å². The summed E-state index contributed by atoms with van der Waals surface area (Å²) in [5, 5.41) is 12.6. The Morgan fingerprint density at radius 3 is 2.34 bits per heavy atom. The van der Waals surface area contributed by atoms with Crippen LogP contribution in [0.15, 0.2) is 53.6 Å². The third-order valence-electron chi connectivity index (χ3n) is 4.76. The van der Waals surface area contributed by atoms with Crippen LogP contribution in [-0.2, 0) is 14.2 Å². The Kier molecular flexibility index (Phi) is 6.26. The Balaban J connectivity index is 1.72. The van der Waals surface area contributed by atoms with Crippen molar-refractivity contribution in [1.29, 1.82) is 5.31 Å². The van der Waals surface area contributed by atoms with Gasteiger partial charge in [0.1, 0.15) is 0 Å². The fraction of sp³-hybridized carbons (Fsp3) is 0.263. The van der Waals surface area contributed by atoms with Gasteiger partial charge in [-0.25, -0.2) is 0 Å². The van der Waals surface area contributed by atoms with Gasteiger partial charge in [-0.05, 0) is 0 Å². The molecule has 1 amide bonds. The van der Waals surface area contributed by atoms with Crippen LogP contribution in [0.1, 0.15) is 24.0 Å². The molecule has 29 heavy (non-hydrogen) atoms. The zero-order valence-corrected chi connectivity index (χ0v) is 15.6. The number of azide groups is 1. The molecule has 0 spiro atoms. The maximum atomic E-state index is 12.3. The quantitative estimate of drug-likeness (QED) is 0.323. The average Bonchev–Trinajstić information content (AvgIpc) is 3.04. The van der Waals surface area contributed by atoms with Crippen LogP contribution in [0.2, 0.25) is 0 Å². The number of amides is 1. The zero-order valence-electron chi connectivity index (χ0n) is 15.6. The summed E-state index contributed by atoms with van der Waals surface area (Å²) in [6.07, 6.45) is -0.848. The van der Waals surface area contributed by atoms with Crippen LogP contribution in [0.4, 0.5) is 4.79 Å². The van der Waals surface area contributed by atoms with E-state index in [1.807, 2.05) is 48.5 Å². The first kappa shape index (κ1) is 20.1. The van der Waals surface area contributed by atoms with Crippen molar-refractivity contribution in [2.24, 2.45) is 5.11 Å². The van der Waals surface area contributed by atoms with E-state index in [4.69, 9.17) is 15.6 Å². The molecular weight excluding hydrogens is 373 g/mol. The Hall–Kier alpha value is -3.65. The molecule has 2 aromatic rings. The topological polar surface area (TPSA) is 137 Å². The first-order chi connectivity index (χ1) is 14.1. The van der Waals surface area contributed by atoms with Crippen LogP contribution in [0, 0.1) is 5.31 Å². The fourth-order valence-corrected chi connectivity index (χ4v) is 3.42. The molecule has 0 aliphatic heterocycles. The third-order valence-corrected chi connectivity index (χ3v) is 4.76. The number of benzene rings is 2. The Bertz CT molecular complexity index is 947. The van der Waals surface area contributed by atoms with Crippen molar-refractivity contribution in [3.63, 3.8) is 0 Å². The Morgan fingerprint density at radius 2 is 1.79 bits per heavy atom. The van der Waals surface area contributed by atoms with Gasteiger partial charge in [0, 0.05) is 0 Å². The standard InChI is InChI=1S/C19H18BN5O4/c1-11(24-25-22)17(18(26)29-20-21)23-19(27)28-10-16-14-8-4-2-6-12(14)13-7-3-5-9-15(13)16/h2-9,11,16-17,21H,10H2,1H3,(H,23,27)/t11?,17-/m0/s1. The summed E-state index contributed by atoms with van der Waals surface area (Å²) in [4.78, 5) is 26.9. The molecule has 0 aromatic heterocycles. The van der Waals surface area contributed by atoms with Gasteiger partial charge in [0.2, 0.25) is 0 Å². The van der Waals surface area contributed by atoms with E-state index in [1.165, 1.54) is 6.92 Å². The van der Waals surface area contributed by atoms with Crippen molar-refractivity contribution in [2.45, 2.75) is 24.9 Å². The van der Waals surface area contributed by atoms with E-state index in [0.29, 0.717) is 7.27 Å². The van der Waals surface area contributed by atoms with Crippen molar-refractivity contribution in [3.8, 4) is 11.1 Å². The molecular formula is C19H18BN5O4. The van der Waals surface area contributed by atoms with Crippen molar-refractivity contribution >= 4 is 19.3 Å². The molecule has 2 atom stereocenters. The molecule has 0 saturated carbocycles. The van der Waals surface area contributed by atoms with Gasteiger partial charge in [-0.2, -0.15) is 0 Å². The molecule has 2 N–H and O–H groups in total. The molecule has 3 rings (SSSR count). The SMILES string of the molecule is CC(N=[N+]=[N-])[C@H](NC(=O)OCC1c2ccccc2-c2ccccc21)C(=O)OB=N. The van der Waals surface area contributed by atoms with E-state index >= 15 is 0 Å². The number of carbonyl (C=O) groups excluding carboxylic acids is 2. The summed E-state index contributed by atoms with van der Waals surface area (Å²) in [5.41, 5.74) is 12.9. The van der Waals surface area contributed by atoms with Crippen molar-refractivity contribution in [2.75, 3.05) is 6.61 Å². The van der Waals surface area contributed by atoms with E-state index in [9.17, 15) is 9.59 Å². The number of ether oxygens (including phenoxy) is 1. The minimum atomic E-state index is -1.27. The van der Waals surface area contributed by atoms with Crippen LogP contribution in [0.3, 0.4) is 0 Å². The first-order valence-electron chi connectivity index (χ1n) is 8.92. The normalized spacial score (nSPS) is 13.7. The van der Waals surface area contributed by atoms with Gasteiger partial charge in [0.25, 0.3) is 0 Å². The summed E-state index contributed by atoms with van der Waals surface area (Å²) in [7, 11) is 0.442. The van der Waals surface area contributed by atoms with Gasteiger partial charge in [0.15, 0.2) is 0 Å². The summed E-state index contributed by atoms with van der Waals surface area (Å²) in [6.45, 7) is 1.52. The number of hydrogen-bond donors (Lipinski definition) is 2. The van der Waals surface area contributed by atoms with Gasteiger partial charge in [-0.15, -0.1) is 0 Å². The van der Waals surface area contributed by atoms with Crippen LogP contribution in [0.5, 0.6) is 0 Å². The van der Waals surface area contributed by atoms with Gasteiger partial charge in [-0.1, -0.05) is 0 Å². The second-order valence-corrected chi connectivity index (χ2v) is 6.45. The summed E-state index contributed by atoms with van der Waals surface area (Å²) < 4.78 is 9.87. The third kappa shape index (κ3) is 4.28. The summed E-state index contributed by atoms with van der Waals surface area (Å²) in [6, 6.07) is 13.6. The second kappa shape index (κ2) is 9.03. The first-order valence-corrected chi connectivity index (χ1v) is 8.92. The van der Waals surface area contributed by atoms with E-state index in [0.717, 1.165) is 22.3 Å². The molecule has 1 aliphatic carbocycles. The molecule has 0 radical (unpaired) electrons. The van der Waals surface area contributed by atoms with Gasteiger partial charge in [-0.3, -0.25) is 0 Å². The molecule has 2 aromatic carbocycles. The summed E-state index contributed by atoms with van der Waals surface area (Å²) >= 11 is 0. The number of rotatable bonds is 7. The van der Waals surface area contributed by atoms with Gasteiger partial charge in [0.05, 0.1) is 0 Å². The average molecular weight is 391 g/mol. The number of nitrogens with one attached hydrogen (secondary N) is 2. The van der Waals surface area contributed by atoms with Crippen LogP contribution < -0.4 is 5.32 Å². The number of hydrogen-bond acceptors (Lipinski definition) is 6. The van der Waals surface area contributed by atoms with Gasteiger partial charge >= 0.3 is 167 Å². The molecule has 0 bridgehead atoms. The van der Waals surface area contributed by atoms with Crippen molar-refractivity contribution < 1.29 is 19.0 Å². The number of nitrogens with zero attached hydrogens (tertiary/aromatic N) is 3. The Labute approximate surface area is 167 Å². The van der Waals surface area contributed by atoms with E-state index in [2.05, 4.69) is 20.0 Å². The molecule has 0 saturated heterocycles. The number of carbonyl (C=O) groups is 2. The molecule has 9 nitrogen and oxygen atoms in total. The van der Waals surface area contributed by atoms with E-state index in [-0.39, 0.29) is 12.5 Å². The molecule has 0 fully saturated rings. The molecule has 1 aliphatic rings. The van der Waals surface area contributed by atoms with Crippen molar-refractivity contribution in [1.82, 2.24) is 5.32 Å². The predicted octanol–water partition coefficient (Wildman–Crippen LogP) is 3.52. The zero-order chi connectivity index (χ0) is 20.8. The predicted molar refractivity (Wildman–Crippen MR) is 105 cm³/mol. The number of fused-ring (bicyclic) bond motifs is 3. The monoisotopic (exact) mass is 391 g/mol. The van der Waals surface area contributed by atoms with Crippen molar-refractivity contribution in [3.05, 3.63) is 70.1 Å². The minimum absolute atomic E-state index is 0.0715. The number of alkyl carbamates (subject to hydrolysis) is 1. The van der Waals surface area contributed by atoms with E-state index in [1.54, 1.807) is 0 Å². The molecule has 1 unspecified atom stereocenters. The fourth-order valence-electron chi connectivity index (χ4n) is 3.42. The Morgan fingerprint density at radius 1 is 1.21 bits per heavy atom. The molecule has 0 heterocycles. The molecule has 10 heteroatoms. The van der Waals surface area contributed by atoms with E-state index < -0.39 is 24.1 Å².